The van der Waals surface area contributed by atoms with E-state index in [9.17, 15) is 17.6 Å². The van der Waals surface area contributed by atoms with Crippen molar-refractivity contribution in [1.82, 2.24) is 14.5 Å². The van der Waals surface area contributed by atoms with Gasteiger partial charge in [0.15, 0.2) is 0 Å². The summed E-state index contributed by atoms with van der Waals surface area (Å²) in [5, 5.41) is 3.08. The van der Waals surface area contributed by atoms with Crippen LogP contribution >= 0.6 is 0 Å². The number of piperidine rings is 2. The molecule has 1 unspecified atom stereocenters. The SMILES string of the molecule is CC1CCCCN1Cc1ccccc1CNC(=O)C1CCN(S(=O)(=O)c2ccc(F)cc2)CC1. The van der Waals surface area contributed by atoms with E-state index in [0.29, 0.717) is 25.4 Å². The Labute approximate surface area is 202 Å². The van der Waals surface area contributed by atoms with Crippen molar-refractivity contribution in [1.29, 1.82) is 0 Å². The Hall–Kier alpha value is -2.29. The van der Waals surface area contributed by atoms with Gasteiger partial charge in [-0.25, -0.2) is 12.8 Å². The molecule has 0 spiro atoms. The van der Waals surface area contributed by atoms with Crippen molar-refractivity contribution >= 4 is 15.9 Å². The number of halogens is 1. The summed E-state index contributed by atoms with van der Waals surface area (Å²) in [6, 6.07) is 13.7. The first kappa shape index (κ1) is 24.8. The first-order valence-electron chi connectivity index (χ1n) is 12.2. The number of rotatable bonds is 7. The molecular weight excluding hydrogens is 453 g/mol. The van der Waals surface area contributed by atoms with E-state index >= 15 is 0 Å². The van der Waals surface area contributed by atoms with Gasteiger partial charge in [-0.05, 0) is 74.5 Å². The predicted molar refractivity (Wildman–Crippen MR) is 130 cm³/mol. The van der Waals surface area contributed by atoms with Crippen LogP contribution in [0.25, 0.3) is 0 Å². The predicted octanol–water partition coefficient (Wildman–Crippen LogP) is 3.92. The van der Waals surface area contributed by atoms with E-state index in [2.05, 4.69) is 29.3 Å². The minimum Gasteiger partial charge on any atom is -0.352 e. The Morgan fingerprint density at radius 1 is 0.971 bits per heavy atom. The van der Waals surface area contributed by atoms with E-state index in [1.54, 1.807) is 0 Å². The number of amides is 1. The molecule has 184 valence electrons. The number of sulfonamides is 1. The maximum Gasteiger partial charge on any atom is 0.243 e. The lowest BCUT2D eigenvalue weighted by Gasteiger charge is -2.34. The molecule has 2 fully saturated rings. The van der Waals surface area contributed by atoms with E-state index in [0.717, 1.165) is 30.8 Å². The van der Waals surface area contributed by atoms with Crippen molar-refractivity contribution in [2.24, 2.45) is 5.92 Å². The zero-order chi connectivity index (χ0) is 24.1. The Kier molecular flexibility index (Phi) is 8.01. The Bertz CT molecular complexity index is 1080. The van der Waals surface area contributed by atoms with Crippen LogP contribution in [0.15, 0.2) is 53.4 Å². The molecule has 0 aliphatic carbocycles. The second kappa shape index (κ2) is 11.0. The van der Waals surface area contributed by atoms with Gasteiger partial charge in [-0.1, -0.05) is 30.7 Å². The average Bonchev–Trinajstić information content (AvgIpc) is 2.85. The molecule has 2 saturated heterocycles. The van der Waals surface area contributed by atoms with E-state index in [1.807, 2.05) is 12.1 Å². The topological polar surface area (TPSA) is 69.7 Å². The van der Waals surface area contributed by atoms with Crippen LogP contribution in [0.5, 0.6) is 0 Å². The quantitative estimate of drug-likeness (QED) is 0.643. The highest BCUT2D eigenvalue weighted by Crippen LogP contribution is 2.25. The maximum atomic E-state index is 13.2. The zero-order valence-electron chi connectivity index (χ0n) is 19.7. The highest BCUT2D eigenvalue weighted by Gasteiger charge is 2.32. The molecule has 0 saturated carbocycles. The molecule has 0 bridgehead atoms. The highest BCUT2D eigenvalue weighted by atomic mass is 32.2. The van der Waals surface area contributed by atoms with Gasteiger partial charge in [0, 0.05) is 38.1 Å². The monoisotopic (exact) mass is 487 g/mol. The van der Waals surface area contributed by atoms with Gasteiger partial charge in [0.05, 0.1) is 4.90 Å². The molecule has 4 rings (SSSR count). The fourth-order valence-electron chi connectivity index (χ4n) is 4.94. The van der Waals surface area contributed by atoms with Gasteiger partial charge in [-0.15, -0.1) is 0 Å². The highest BCUT2D eigenvalue weighted by molar-refractivity contribution is 7.89. The molecule has 2 aliphatic heterocycles. The maximum absolute atomic E-state index is 13.2. The molecule has 8 heteroatoms. The van der Waals surface area contributed by atoms with Gasteiger partial charge >= 0.3 is 0 Å². The second-order valence-corrected chi connectivity index (χ2v) is 11.4. The summed E-state index contributed by atoms with van der Waals surface area (Å²) in [6.45, 7) is 5.33. The van der Waals surface area contributed by atoms with Crippen LogP contribution in [0.3, 0.4) is 0 Å². The van der Waals surface area contributed by atoms with Crippen molar-refractivity contribution in [3.8, 4) is 0 Å². The molecule has 2 aromatic carbocycles. The van der Waals surface area contributed by atoms with Gasteiger partial charge < -0.3 is 5.32 Å². The number of carbonyl (C=O) groups excluding carboxylic acids is 1. The van der Waals surface area contributed by atoms with E-state index in [4.69, 9.17) is 0 Å². The Balaban J connectivity index is 1.31. The summed E-state index contributed by atoms with van der Waals surface area (Å²) >= 11 is 0. The Morgan fingerprint density at radius 2 is 1.65 bits per heavy atom. The van der Waals surface area contributed by atoms with Crippen LogP contribution in [0.2, 0.25) is 0 Å². The summed E-state index contributed by atoms with van der Waals surface area (Å²) in [6.07, 6.45) is 4.70. The first-order valence-corrected chi connectivity index (χ1v) is 13.6. The lowest BCUT2D eigenvalue weighted by molar-refractivity contribution is -0.126. The third-order valence-electron chi connectivity index (χ3n) is 7.16. The molecule has 6 nitrogen and oxygen atoms in total. The molecule has 0 aromatic heterocycles. The minimum absolute atomic E-state index is 0.0278. The number of carbonyl (C=O) groups is 1. The fourth-order valence-corrected chi connectivity index (χ4v) is 6.41. The standard InChI is InChI=1S/C26H34FN3O3S/c1-20-6-4-5-15-29(20)19-23-8-3-2-7-22(23)18-28-26(31)21-13-16-30(17-14-21)34(32,33)25-11-9-24(27)10-12-25/h2-3,7-12,20-21H,4-6,13-19H2,1H3,(H,28,31). The molecule has 0 radical (unpaired) electrons. The number of nitrogens with one attached hydrogen (secondary N) is 1. The lowest BCUT2D eigenvalue weighted by Crippen LogP contribution is -2.43. The van der Waals surface area contributed by atoms with Gasteiger partial charge in [0.25, 0.3) is 0 Å². The van der Waals surface area contributed by atoms with Crippen molar-refractivity contribution in [2.45, 2.75) is 63.1 Å². The number of hydrogen-bond donors (Lipinski definition) is 1. The molecule has 2 aliphatic rings. The van der Waals surface area contributed by atoms with Crippen LogP contribution < -0.4 is 5.32 Å². The smallest absolute Gasteiger partial charge is 0.243 e. The minimum atomic E-state index is -3.68. The molecule has 2 aromatic rings. The summed E-state index contributed by atoms with van der Waals surface area (Å²) < 4.78 is 40.2. The van der Waals surface area contributed by atoms with Crippen LogP contribution in [0, 0.1) is 11.7 Å². The van der Waals surface area contributed by atoms with E-state index in [1.165, 1.54) is 41.3 Å². The van der Waals surface area contributed by atoms with Crippen LogP contribution in [-0.2, 0) is 27.9 Å². The summed E-state index contributed by atoms with van der Waals surface area (Å²) in [7, 11) is -3.68. The summed E-state index contributed by atoms with van der Waals surface area (Å²) in [5.74, 6) is -0.713. The fraction of sp³-hybridized carbons (Fsp3) is 0.500. The van der Waals surface area contributed by atoms with Crippen molar-refractivity contribution in [3.05, 3.63) is 65.5 Å². The lowest BCUT2D eigenvalue weighted by atomic mass is 9.97. The molecule has 2 heterocycles. The number of benzene rings is 2. The van der Waals surface area contributed by atoms with E-state index < -0.39 is 15.8 Å². The second-order valence-electron chi connectivity index (χ2n) is 9.43. The summed E-state index contributed by atoms with van der Waals surface area (Å²) in [4.78, 5) is 15.5. The van der Waals surface area contributed by atoms with Crippen molar-refractivity contribution in [2.75, 3.05) is 19.6 Å². The third-order valence-corrected chi connectivity index (χ3v) is 9.07. The summed E-state index contributed by atoms with van der Waals surface area (Å²) in [5.41, 5.74) is 2.38. The van der Waals surface area contributed by atoms with Crippen LogP contribution in [-0.4, -0.2) is 49.2 Å². The molecule has 1 atom stereocenters. The largest absolute Gasteiger partial charge is 0.352 e. The normalized spacial score (nSPS) is 20.8. The van der Waals surface area contributed by atoms with Gasteiger partial charge in [0.2, 0.25) is 15.9 Å². The molecule has 34 heavy (non-hydrogen) atoms. The molecular formula is C26H34FN3O3S. The molecule has 1 N–H and O–H groups in total. The average molecular weight is 488 g/mol. The van der Waals surface area contributed by atoms with Crippen molar-refractivity contribution in [3.63, 3.8) is 0 Å². The number of likely N-dealkylation sites (tertiary alicyclic amines) is 1. The third kappa shape index (κ3) is 5.85. The zero-order valence-corrected chi connectivity index (χ0v) is 20.6. The van der Waals surface area contributed by atoms with Gasteiger partial charge in [-0.2, -0.15) is 4.31 Å². The molecule has 1 amide bonds. The number of hydrogen-bond acceptors (Lipinski definition) is 4. The van der Waals surface area contributed by atoms with Crippen molar-refractivity contribution < 1.29 is 17.6 Å². The first-order chi connectivity index (χ1) is 16.3. The van der Waals surface area contributed by atoms with Crippen LogP contribution in [0.4, 0.5) is 4.39 Å². The Morgan fingerprint density at radius 3 is 2.32 bits per heavy atom. The van der Waals surface area contributed by atoms with Crippen LogP contribution in [0.1, 0.15) is 50.2 Å². The number of nitrogens with zero attached hydrogens (tertiary/aromatic N) is 2. The van der Waals surface area contributed by atoms with Gasteiger partial charge in [-0.3, -0.25) is 9.69 Å². The van der Waals surface area contributed by atoms with E-state index in [-0.39, 0.29) is 29.8 Å². The van der Waals surface area contributed by atoms with Gasteiger partial charge in [0.1, 0.15) is 5.82 Å².